The van der Waals surface area contributed by atoms with E-state index in [1.165, 1.54) is 13.8 Å². The Morgan fingerprint density at radius 3 is 1.86 bits per heavy atom. The molecule has 2 N–H and O–H groups in total. The molecule has 0 aromatic heterocycles. The number of aliphatic carboxylic acids is 1. The van der Waals surface area contributed by atoms with Crippen LogP contribution in [0.4, 0.5) is 0 Å². The second-order valence-electron chi connectivity index (χ2n) is 3.95. The molecule has 0 saturated heterocycles. The summed E-state index contributed by atoms with van der Waals surface area (Å²) < 4.78 is 9.15. The molecule has 0 saturated carbocycles. The van der Waals surface area contributed by atoms with Crippen molar-refractivity contribution in [3.05, 3.63) is 37.0 Å². The summed E-state index contributed by atoms with van der Waals surface area (Å²) in [5.74, 6) is -2.17. The van der Waals surface area contributed by atoms with E-state index in [9.17, 15) is 19.5 Å². The summed E-state index contributed by atoms with van der Waals surface area (Å²) in [6.45, 7) is 12.2. The molecule has 0 heterocycles. The monoisotopic (exact) mass is 300 g/mol. The van der Waals surface area contributed by atoms with Crippen LogP contribution in [-0.2, 0) is 23.9 Å². The zero-order valence-electron chi connectivity index (χ0n) is 12.1. The maximum Gasteiger partial charge on any atom is 0.333 e. The van der Waals surface area contributed by atoms with Crippen LogP contribution in [-0.4, -0.2) is 47.4 Å². The van der Waals surface area contributed by atoms with E-state index in [0.717, 1.165) is 6.08 Å². The average Bonchev–Trinajstić information content (AvgIpc) is 2.42. The van der Waals surface area contributed by atoms with E-state index in [0.29, 0.717) is 0 Å². The summed E-state index contributed by atoms with van der Waals surface area (Å²) in [5.41, 5.74) is 0.417. The highest BCUT2D eigenvalue weighted by Gasteiger charge is 2.10. The van der Waals surface area contributed by atoms with Crippen LogP contribution in [0.25, 0.3) is 0 Å². The van der Waals surface area contributed by atoms with Gasteiger partial charge in [0.15, 0.2) is 0 Å². The molecule has 1 unspecified atom stereocenters. The molecular formula is C14H20O7. The normalized spacial score (nSPS) is 10.2. The number of carboxylic acid groups (broad SMARTS) is 1. The van der Waals surface area contributed by atoms with Gasteiger partial charge in [-0.3, -0.25) is 0 Å². The van der Waals surface area contributed by atoms with Crippen LogP contribution in [0.3, 0.4) is 0 Å². The maximum absolute atomic E-state index is 10.9. The Balaban J connectivity index is 0. The Hall–Kier alpha value is -2.41. The predicted octanol–water partition coefficient (Wildman–Crippen LogP) is 0.843. The Bertz CT molecular complexity index is 411. The van der Waals surface area contributed by atoms with Gasteiger partial charge in [-0.15, -0.1) is 0 Å². The fourth-order valence-corrected chi connectivity index (χ4v) is 0.580. The zero-order chi connectivity index (χ0) is 17.0. The first kappa shape index (κ1) is 20.9. The number of ether oxygens (including phenoxy) is 2. The third kappa shape index (κ3) is 13.8. The Labute approximate surface area is 123 Å². The van der Waals surface area contributed by atoms with Crippen molar-refractivity contribution >= 4 is 17.9 Å². The summed E-state index contributed by atoms with van der Waals surface area (Å²) >= 11 is 0. The van der Waals surface area contributed by atoms with E-state index in [2.05, 4.69) is 29.2 Å². The Kier molecular flexibility index (Phi) is 11.4. The average molecular weight is 300 g/mol. The third-order valence-electron chi connectivity index (χ3n) is 1.71. The summed E-state index contributed by atoms with van der Waals surface area (Å²) in [6, 6.07) is 0. The highest BCUT2D eigenvalue weighted by Crippen LogP contribution is 1.95. The molecule has 0 aromatic rings. The minimum Gasteiger partial charge on any atom is -0.478 e. The number of aliphatic hydroxyl groups excluding tert-OH is 1. The minimum absolute atomic E-state index is 0.176. The molecule has 21 heavy (non-hydrogen) atoms. The molecule has 7 nitrogen and oxygen atoms in total. The van der Waals surface area contributed by atoms with Crippen LogP contribution >= 0.6 is 0 Å². The SMILES string of the molecule is C=C(C)C(=O)O.C=CC(=O)OCC(O)COC(=O)C(=C)C. The van der Waals surface area contributed by atoms with E-state index in [4.69, 9.17) is 5.11 Å². The van der Waals surface area contributed by atoms with Crippen LogP contribution in [0.15, 0.2) is 37.0 Å². The molecule has 0 aliphatic carbocycles. The van der Waals surface area contributed by atoms with Crippen LogP contribution < -0.4 is 0 Å². The van der Waals surface area contributed by atoms with Crippen LogP contribution in [0.1, 0.15) is 13.8 Å². The lowest BCUT2D eigenvalue weighted by Gasteiger charge is -2.10. The van der Waals surface area contributed by atoms with Gasteiger partial charge in [0.1, 0.15) is 19.3 Å². The van der Waals surface area contributed by atoms with Gasteiger partial charge in [-0.05, 0) is 13.8 Å². The third-order valence-corrected chi connectivity index (χ3v) is 1.71. The number of esters is 2. The van der Waals surface area contributed by atoms with Gasteiger partial charge in [-0.1, -0.05) is 19.7 Å². The Morgan fingerprint density at radius 1 is 1.10 bits per heavy atom. The molecule has 0 spiro atoms. The molecule has 7 heteroatoms. The van der Waals surface area contributed by atoms with Gasteiger partial charge < -0.3 is 19.7 Å². The zero-order valence-corrected chi connectivity index (χ0v) is 12.1. The molecule has 0 bridgehead atoms. The van der Waals surface area contributed by atoms with Crippen molar-refractivity contribution in [2.45, 2.75) is 20.0 Å². The second-order valence-corrected chi connectivity index (χ2v) is 3.95. The standard InChI is InChI=1S/C10H14O5.C4H6O2/c1-4-9(12)14-5-8(11)6-15-10(13)7(2)3;1-3(2)4(5)6/h4,8,11H,1-2,5-6H2,3H3;1H2,2H3,(H,5,6). The van der Waals surface area contributed by atoms with Gasteiger partial charge in [-0.2, -0.15) is 0 Å². The fraction of sp³-hybridized carbons (Fsp3) is 0.357. The first-order valence-corrected chi connectivity index (χ1v) is 5.80. The number of hydrogen-bond donors (Lipinski definition) is 2. The molecule has 118 valence electrons. The molecule has 0 aromatic carbocycles. The molecule has 0 amide bonds. The first-order chi connectivity index (χ1) is 9.61. The topological polar surface area (TPSA) is 110 Å². The van der Waals surface area contributed by atoms with E-state index in [1.54, 1.807) is 0 Å². The lowest BCUT2D eigenvalue weighted by Crippen LogP contribution is -2.25. The number of aliphatic hydroxyl groups is 1. The van der Waals surface area contributed by atoms with Crippen molar-refractivity contribution < 1.29 is 34.1 Å². The van der Waals surface area contributed by atoms with E-state index >= 15 is 0 Å². The highest BCUT2D eigenvalue weighted by molar-refractivity contribution is 5.87. The largest absolute Gasteiger partial charge is 0.478 e. The second kappa shape index (κ2) is 11.4. The van der Waals surface area contributed by atoms with Crippen molar-refractivity contribution in [1.29, 1.82) is 0 Å². The lowest BCUT2D eigenvalue weighted by molar-refractivity contribution is -0.146. The lowest BCUT2D eigenvalue weighted by atomic mass is 10.3. The number of carbonyl (C=O) groups excluding carboxylic acids is 2. The maximum atomic E-state index is 10.9. The van der Waals surface area contributed by atoms with E-state index < -0.39 is 24.0 Å². The van der Waals surface area contributed by atoms with Crippen molar-refractivity contribution in [3.8, 4) is 0 Å². The fourth-order valence-electron chi connectivity index (χ4n) is 0.580. The van der Waals surface area contributed by atoms with E-state index in [-0.39, 0.29) is 24.4 Å². The molecule has 0 fully saturated rings. The predicted molar refractivity (Wildman–Crippen MR) is 75.4 cm³/mol. The highest BCUT2D eigenvalue weighted by atomic mass is 16.6. The molecular weight excluding hydrogens is 280 g/mol. The van der Waals surface area contributed by atoms with Crippen LogP contribution in [0.2, 0.25) is 0 Å². The van der Waals surface area contributed by atoms with Crippen molar-refractivity contribution in [2.24, 2.45) is 0 Å². The summed E-state index contributed by atoms with van der Waals surface area (Å²) in [6.07, 6.45) is -0.0655. The Morgan fingerprint density at radius 2 is 1.52 bits per heavy atom. The first-order valence-electron chi connectivity index (χ1n) is 5.80. The van der Waals surface area contributed by atoms with Crippen molar-refractivity contribution in [2.75, 3.05) is 13.2 Å². The number of rotatable bonds is 7. The number of carbonyl (C=O) groups is 3. The van der Waals surface area contributed by atoms with Crippen LogP contribution in [0.5, 0.6) is 0 Å². The van der Waals surface area contributed by atoms with Gasteiger partial charge in [-0.25, -0.2) is 14.4 Å². The molecule has 0 aliphatic heterocycles. The molecule has 0 rings (SSSR count). The van der Waals surface area contributed by atoms with Gasteiger partial charge in [0, 0.05) is 17.2 Å². The van der Waals surface area contributed by atoms with Gasteiger partial charge in [0.25, 0.3) is 0 Å². The molecule has 0 aliphatic rings. The molecule has 1 atom stereocenters. The summed E-state index contributed by atoms with van der Waals surface area (Å²) in [5, 5.41) is 17.1. The van der Waals surface area contributed by atoms with Crippen molar-refractivity contribution in [1.82, 2.24) is 0 Å². The minimum atomic E-state index is -1.04. The van der Waals surface area contributed by atoms with Crippen LogP contribution in [0, 0.1) is 0 Å². The van der Waals surface area contributed by atoms with Gasteiger partial charge >= 0.3 is 17.9 Å². The summed E-state index contributed by atoms with van der Waals surface area (Å²) in [7, 11) is 0. The van der Waals surface area contributed by atoms with Gasteiger partial charge in [0.05, 0.1) is 0 Å². The van der Waals surface area contributed by atoms with Crippen molar-refractivity contribution in [3.63, 3.8) is 0 Å². The smallest absolute Gasteiger partial charge is 0.333 e. The quantitative estimate of drug-likeness (QED) is 0.529. The molecule has 0 radical (unpaired) electrons. The van der Waals surface area contributed by atoms with Gasteiger partial charge in [0.2, 0.25) is 0 Å². The van der Waals surface area contributed by atoms with E-state index in [1.807, 2.05) is 0 Å². The number of carboxylic acids is 1. The number of hydrogen-bond acceptors (Lipinski definition) is 6. The summed E-state index contributed by atoms with van der Waals surface area (Å²) in [4.78, 5) is 31.1.